The van der Waals surface area contributed by atoms with Crippen LogP contribution in [-0.4, -0.2) is 10.7 Å². The first-order valence-corrected chi connectivity index (χ1v) is 3.64. The normalized spacial score (nSPS) is 15.8. The molecular formula is C9H16O. The molecule has 0 spiro atoms. The fourth-order valence-corrected chi connectivity index (χ4v) is 1.12. The molecule has 0 saturated carbocycles. The van der Waals surface area contributed by atoms with E-state index >= 15 is 0 Å². The van der Waals surface area contributed by atoms with Gasteiger partial charge >= 0.3 is 0 Å². The molecule has 1 atom stereocenters. The van der Waals surface area contributed by atoms with Gasteiger partial charge in [0, 0.05) is 0 Å². The van der Waals surface area contributed by atoms with Gasteiger partial charge in [0.1, 0.15) is 5.60 Å². The Bertz CT molecular complexity index is 146. The lowest BCUT2D eigenvalue weighted by Gasteiger charge is -2.18. The second-order valence-electron chi connectivity index (χ2n) is 3.25. The van der Waals surface area contributed by atoms with Gasteiger partial charge in [-0.05, 0) is 26.2 Å². The molecule has 1 nitrogen and oxygen atoms in total. The molecule has 0 heterocycles. The van der Waals surface area contributed by atoms with Crippen LogP contribution >= 0.6 is 0 Å². The molecule has 0 radical (unpaired) electrons. The highest BCUT2D eigenvalue weighted by molar-refractivity contribution is 5.10. The summed E-state index contributed by atoms with van der Waals surface area (Å²) < 4.78 is 0. The molecule has 0 amide bonds. The van der Waals surface area contributed by atoms with Gasteiger partial charge in [-0.1, -0.05) is 19.8 Å². The van der Waals surface area contributed by atoms with Crippen molar-refractivity contribution in [2.75, 3.05) is 0 Å². The smallest absolute Gasteiger partial charge is 0.122 e. The van der Waals surface area contributed by atoms with Crippen LogP contribution in [0.3, 0.4) is 0 Å². The van der Waals surface area contributed by atoms with E-state index in [4.69, 9.17) is 0 Å². The highest BCUT2D eigenvalue weighted by atomic mass is 16.3. The van der Waals surface area contributed by atoms with Crippen molar-refractivity contribution >= 4 is 0 Å². The van der Waals surface area contributed by atoms with Crippen LogP contribution in [0.25, 0.3) is 0 Å². The summed E-state index contributed by atoms with van der Waals surface area (Å²) in [7, 11) is 0. The zero-order valence-corrected chi connectivity index (χ0v) is 7.23. The van der Waals surface area contributed by atoms with Crippen LogP contribution in [0.5, 0.6) is 0 Å². The second-order valence-corrected chi connectivity index (χ2v) is 3.25. The van der Waals surface area contributed by atoms with Gasteiger partial charge in [-0.3, -0.25) is 0 Å². The first kappa shape index (κ1) is 9.52. The lowest BCUT2D eigenvalue weighted by Crippen LogP contribution is -2.23. The molecule has 10 heavy (non-hydrogen) atoms. The summed E-state index contributed by atoms with van der Waals surface area (Å²) in [4.78, 5) is 0. The number of aliphatic hydroxyl groups is 1. The third-order valence-electron chi connectivity index (χ3n) is 1.20. The molecule has 1 N–H and O–H groups in total. The molecule has 0 aromatic rings. The van der Waals surface area contributed by atoms with Crippen molar-refractivity contribution in [1.82, 2.24) is 0 Å². The van der Waals surface area contributed by atoms with Crippen LogP contribution in [0.15, 0.2) is 0 Å². The predicted molar refractivity (Wildman–Crippen MR) is 43.5 cm³/mol. The quantitative estimate of drug-likeness (QED) is 0.580. The largest absolute Gasteiger partial charge is 0.378 e. The molecule has 0 rings (SSSR count). The Hall–Kier alpha value is -0.480. The van der Waals surface area contributed by atoms with E-state index in [1.54, 1.807) is 13.8 Å². The van der Waals surface area contributed by atoms with Crippen LogP contribution in [0.1, 0.15) is 34.1 Å². The summed E-state index contributed by atoms with van der Waals surface area (Å²) in [6.07, 6.45) is 0.744. The second kappa shape index (κ2) is 3.63. The molecule has 58 valence electrons. The van der Waals surface area contributed by atoms with E-state index in [2.05, 4.69) is 25.7 Å². The van der Waals surface area contributed by atoms with Crippen molar-refractivity contribution in [2.45, 2.75) is 39.7 Å². The van der Waals surface area contributed by atoms with Crippen molar-refractivity contribution < 1.29 is 5.11 Å². The Labute approximate surface area is 63.5 Å². The van der Waals surface area contributed by atoms with Crippen molar-refractivity contribution in [3.63, 3.8) is 0 Å². The SMILES string of the molecule is CC#CC(C)(O)CC(C)C. The Morgan fingerprint density at radius 1 is 1.50 bits per heavy atom. The molecule has 0 fully saturated rings. The van der Waals surface area contributed by atoms with Crippen LogP contribution in [0, 0.1) is 17.8 Å². The van der Waals surface area contributed by atoms with Gasteiger partial charge in [0.2, 0.25) is 0 Å². The molecular weight excluding hydrogens is 124 g/mol. The minimum atomic E-state index is -0.789. The minimum Gasteiger partial charge on any atom is -0.378 e. The molecule has 1 unspecified atom stereocenters. The molecule has 1 heteroatoms. The fraction of sp³-hybridized carbons (Fsp3) is 0.778. The first-order valence-electron chi connectivity index (χ1n) is 3.64. The van der Waals surface area contributed by atoms with Crippen molar-refractivity contribution in [2.24, 2.45) is 5.92 Å². The van der Waals surface area contributed by atoms with E-state index in [1.807, 2.05) is 0 Å². The fourth-order valence-electron chi connectivity index (χ4n) is 1.12. The molecule has 0 aromatic carbocycles. The third kappa shape index (κ3) is 4.40. The first-order chi connectivity index (χ1) is 4.48. The monoisotopic (exact) mass is 140 g/mol. The van der Waals surface area contributed by atoms with Crippen LogP contribution < -0.4 is 0 Å². The summed E-state index contributed by atoms with van der Waals surface area (Å²) >= 11 is 0. The highest BCUT2D eigenvalue weighted by Crippen LogP contribution is 2.14. The summed E-state index contributed by atoms with van der Waals surface area (Å²) in [6.45, 7) is 7.65. The van der Waals surface area contributed by atoms with E-state index < -0.39 is 5.60 Å². The van der Waals surface area contributed by atoms with Crippen molar-refractivity contribution in [3.05, 3.63) is 0 Å². The van der Waals surface area contributed by atoms with Crippen LogP contribution in [-0.2, 0) is 0 Å². The van der Waals surface area contributed by atoms with Gasteiger partial charge in [0.25, 0.3) is 0 Å². The van der Waals surface area contributed by atoms with E-state index in [0.29, 0.717) is 5.92 Å². The van der Waals surface area contributed by atoms with E-state index in [1.165, 1.54) is 0 Å². The van der Waals surface area contributed by atoms with Gasteiger partial charge in [0.05, 0.1) is 0 Å². The maximum atomic E-state index is 9.51. The van der Waals surface area contributed by atoms with E-state index in [9.17, 15) is 5.11 Å². The Morgan fingerprint density at radius 2 is 2.00 bits per heavy atom. The molecule has 0 aliphatic rings. The number of hydrogen-bond donors (Lipinski definition) is 1. The standard InChI is InChI=1S/C9H16O/c1-5-6-9(4,10)7-8(2)3/h8,10H,7H2,1-4H3. The summed E-state index contributed by atoms with van der Waals surface area (Å²) in [6, 6.07) is 0. The van der Waals surface area contributed by atoms with Gasteiger partial charge in [-0.2, -0.15) is 0 Å². The predicted octanol–water partition coefficient (Wildman–Crippen LogP) is 1.81. The Morgan fingerprint density at radius 3 is 2.30 bits per heavy atom. The van der Waals surface area contributed by atoms with Crippen LogP contribution in [0.4, 0.5) is 0 Å². The minimum absolute atomic E-state index is 0.496. The lowest BCUT2D eigenvalue weighted by molar-refractivity contribution is 0.0976. The molecule has 0 saturated heterocycles. The van der Waals surface area contributed by atoms with Gasteiger partial charge < -0.3 is 5.11 Å². The van der Waals surface area contributed by atoms with Gasteiger partial charge in [-0.15, -0.1) is 5.92 Å². The van der Waals surface area contributed by atoms with E-state index in [-0.39, 0.29) is 0 Å². The van der Waals surface area contributed by atoms with Gasteiger partial charge in [0.15, 0.2) is 0 Å². The van der Waals surface area contributed by atoms with Gasteiger partial charge in [-0.25, -0.2) is 0 Å². The number of hydrogen-bond acceptors (Lipinski definition) is 1. The van der Waals surface area contributed by atoms with E-state index in [0.717, 1.165) is 6.42 Å². The van der Waals surface area contributed by atoms with Crippen LogP contribution in [0.2, 0.25) is 0 Å². The van der Waals surface area contributed by atoms with Crippen molar-refractivity contribution in [3.8, 4) is 11.8 Å². The molecule has 0 aromatic heterocycles. The third-order valence-corrected chi connectivity index (χ3v) is 1.20. The average molecular weight is 140 g/mol. The molecule has 0 bridgehead atoms. The summed E-state index contributed by atoms with van der Waals surface area (Å²) in [5, 5.41) is 9.51. The number of rotatable bonds is 2. The summed E-state index contributed by atoms with van der Waals surface area (Å²) in [5.74, 6) is 5.97. The zero-order valence-electron chi connectivity index (χ0n) is 7.23. The Kier molecular flexibility index (Phi) is 3.46. The maximum Gasteiger partial charge on any atom is 0.122 e. The maximum absolute atomic E-state index is 9.51. The highest BCUT2D eigenvalue weighted by Gasteiger charge is 2.17. The zero-order chi connectivity index (χ0) is 8.20. The average Bonchev–Trinajstić information content (AvgIpc) is 1.59. The van der Waals surface area contributed by atoms with Crippen molar-refractivity contribution in [1.29, 1.82) is 0 Å². The lowest BCUT2D eigenvalue weighted by atomic mass is 9.95. The topological polar surface area (TPSA) is 20.2 Å². The molecule has 0 aliphatic heterocycles. The Balaban J connectivity index is 3.95. The summed E-state index contributed by atoms with van der Waals surface area (Å²) in [5.41, 5.74) is -0.789. The molecule has 0 aliphatic carbocycles.